The Hall–Kier alpha value is -1.00. The highest BCUT2D eigenvalue weighted by molar-refractivity contribution is 5.27. The summed E-state index contributed by atoms with van der Waals surface area (Å²) in [5.74, 6) is 0.348. The number of benzene rings is 1. The first kappa shape index (κ1) is 14.4. The number of rotatable bonds is 3. The standard InChI is InChI=1S/C15H22F2N2/c1-19-8-3-2-5-13(10-18)14(19)11-6-4-7-12(9-11)15(16)17/h4,6-7,9,13-15H,2-3,5,8,10,18H2,1H3. The number of hydrogen-bond donors (Lipinski definition) is 1. The molecule has 1 heterocycles. The molecule has 1 aromatic carbocycles. The number of halogens is 2. The van der Waals surface area contributed by atoms with Crippen LogP contribution in [0.25, 0.3) is 0 Å². The van der Waals surface area contributed by atoms with Crippen LogP contribution >= 0.6 is 0 Å². The fourth-order valence-electron chi connectivity index (χ4n) is 3.08. The molecule has 0 aliphatic carbocycles. The molecule has 2 atom stereocenters. The lowest BCUT2D eigenvalue weighted by Crippen LogP contribution is -2.33. The first-order valence-electron chi connectivity index (χ1n) is 6.91. The summed E-state index contributed by atoms with van der Waals surface area (Å²) in [4.78, 5) is 2.26. The minimum Gasteiger partial charge on any atom is -0.330 e. The molecule has 2 nitrogen and oxygen atoms in total. The van der Waals surface area contributed by atoms with Crippen molar-refractivity contribution in [2.45, 2.75) is 31.7 Å². The van der Waals surface area contributed by atoms with Gasteiger partial charge in [-0.25, -0.2) is 8.78 Å². The van der Waals surface area contributed by atoms with Crippen molar-refractivity contribution in [3.8, 4) is 0 Å². The SMILES string of the molecule is CN1CCCCC(CN)C1c1cccc(C(F)F)c1. The minimum absolute atomic E-state index is 0.103. The van der Waals surface area contributed by atoms with E-state index in [0.717, 1.165) is 31.4 Å². The average Bonchev–Trinajstić information content (AvgIpc) is 2.60. The second kappa shape index (κ2) is 6.44. The van der Waals surface area contributed by atoms with Gasteiger partial charge in [0, 0.05) is 11.6 Å². The van der Waals surface area contributed by atoms with Gasteiger partial charge in [0.1, 0.15) is 0 Å². The molecule has 0 aromatic heterocycles. The molecule has 0 radical (unpaired) electrons. The van der Waals surface area contributed by atoms with Crippen molar-refractivity contribution >= 4 is 0 Å². The molecule has 0 amide bonds. The Labute approximate surface area is 113 Å². The van der Waals surface area contributed by atoms with E-state index in [1.807, 2.05) is 6.07 Å². The summed E-state index contributed by atoms with van der Waals surface area (Å²) in [6.07, 6.45) is 0.979. The van der Waals surface area contributed by atoms with Gasteiger partial charge in [0.05, 0.1) is 0 Å². The first-order valence-corrected chi connectivity index (χ1v) is 6.91. The van der Waals surface area contributed by atoms with Crippen LogP contribution in [0.1, 0.15) is 42.9 Å². The quantitative estimate of drug-likeness (QED) is 0.911. The van der Waals surface area contributed by atoms with E-state index in [2.05, 4.69) is 11.9 Å². The minimum atomic E-state index is -2.41. The topological polar surface area (TPSA) is 29.3 Å². The number of nitrogens with zero attached hydrogens (tertiary/aromatic N) is 1. The van der Waals surface area contributed by atoms with Gasteiger partial charge in [0.25, 0.3) is 6.43 Å². The maximum Gasteiger partial charge on any atom is 0.263 e. The van der Waals surface area contributed by atoms with Gasteiger partial charge in [-0.2, -0.15) is 0 Å². The van der Waals surface area contributed by atoms with Crippen LogP contribution in [0.4, 0.5) is 8.78 Å². The molecule has 4 heteroatoms. The van der Waals surface area contributed by atoms with Crippen LogP contribution in [0.2, 0.25) is 0 Å². The number of alkyl halides is 2. The predicted octanol–water partition coefficient (Wildman–Crippen LogP) is 3.36. The fourth-order valence-corrected chi connectivity index (χ4v) is 3.08. The lowest BCUT2D eigenvalue weighted by atomic mass is 9.89. The van der Waals surface area contributed by atoms with Gasteiger partial charge in [-0.1, -0.05) is 24.6 Å². The van der Waals surface area contributed by atoms with Crippen LogP contribution in [-0.4, -0.2) is 25.0 Å². The zero-order chi connectivity index (χ0) is 13.8. The molecule has 1 aliphatic heterocycles. The lowest BCUT2D eigenvalue weighted by molar-refractivity contribution is 0.150. The van der Waals surface area contributed by atoms with Crippen LogP contribution in [0, 0.1) is 5.92 Å². The number of likely N-dealkylation sites (tertiary alicyclic amines) is 1. The molecule has 1 saturated heterocycles. The van der Waals surface area contributed by atoms with Crippen molar-refractivity contribution in [1.82, 2.24) is 4.90 Å². The summed E-state index contributed by atoms with van der Waals surface area (Å²) in [5, 5.41) is 0. The van der Waals surface area contributed by atoms with E-state index >= 15 is 0 Å². The van der Waals surface area contributed by atoms with Gasteiger partial charge in [0.15, 0.2) is 0 Å². The van der Waals surface area contributed by atoms with Gasteiger partial charge in [0.2, 0.25) is 0 Å². The van der Waals surface area contributed by atoms with E-state index < -0.39 is 6.43 Å². The fraction of sp³-hybridized carbons (Fsp3) is 0.600. The van der Waals surface area contributed by atoms with E-state index in [1.54, 1.807) is 12.1 Å². The molecule has 19 heavy (non-hydrogen) atoms. The highest BCUT2D eigenvalue weighted by atomic mass is 19.3. The third kappa shape index (κ3) is 3.31. The molecule has 0 bridgehead atoms. The molecule has 0 saturated carbocycles. The maximum atomic E-state index is 12.8. The maximum absolute atomic E-state index is 12.8. The molecule has 106 valence electrons. The Bertz CT molecular complexity index is 409. The summed E-state index contributed by atoms with van der Waals surface area (Å²) < 4.78 is 25.7. The van der Waals surface area contributed by atoms with E-state index in [9.17, 15) is 8.78 Å². The zero-order valence-corrected chi connectivity index (χ0v) is 11.4. The predicted molar refractivity (Wildman–Crippen MR) is 73.2 cm³/mol. The Morgan fingerprint density at radius 1 is 1.37 bits per heavy atom. The van der Waals surface area contributed by atoms with E-state index in [1.165, 1.54) is 6.07 Å². The van der Waals surface area contributed by atoms with Crippen LogP contribution in [-0.2, 0) is 0 Å². The Morgan fingerprint density at radius 3 is 2.84 bits per heavy atom. The smallest absolute Gasteiger partial charge is 0.263 e. The largest absolute Gasteiger partial charge is 0.330 e. The Kier molecular flexibility index (Phi) is 4.88. The van der Waals surface area contributed by atoms with Crippen molar-refractivity contribution in [3.05, 3.63) is 35.4 Å². The van der Waals surface area contributed by atoms with Gasteiger partial charge in [-0.05, 0) is 50.5 Å². The van der Waals surface area contributed by atoms with Crippen molar-refractivity contribution < 1.29 is 8.78 Å². The molecule has 1 aromatic rings. The van der Waals surface area contributed by atoms with Crippen molar-refractivity contribution in [3.63, 3.8) is 0 Å². The third-order valence-electron chi connectivity index (χ3n) is 4.06. The molecule has 1 aliphatic rings. The van der Waals surface area contributed by atoms with Crippen molar-refractivity contribution in [2.75, 3.05) is 20.1 Å². The normalized spacial score (nSPS) is 25.5. The Morgan fingerprint density at radius 2 is 2.16 bits per heavy atom. The summed E-state index contributed by atoms with van der Waals surface area (Å²) in [5.41, 5.74) is 6.96. The average molecular weight is 268 g/mol. The van der Waals surface area contributed by atoms with Gasteiger partial charge >= 0.3 is 0 Å². The van der Waals surface area contributed by atoms with Crippen LogP contribution < -0.4 is 5.73 Å². The first-order chi connectivity index (χ1) is 9.13. The monoisotopic (exact) mass is 268 g/mol. The Balaban J connectivity index is 2.32. The summed E-state index contributed by atoms with van der Waals surface area (Å²) in [6.45, 7) is 1.61. The third-order valence-corrected chi connectivity index (χ3v) is 4.06. The summed E-state index contributed by atoms with van der Waals surface area (Å²) in [7, 11) is 2.06. The highest BCUT2D eigenvalue weighted by Gasteiger charge is 2.28. The second-order valence-corrected chi connectivity index (χ2v) is 5.39. The van der Waals surface area contributed by atoms with E-state index in [0.29, 0.717) is 12.5 Å². The summed E-state index contributed by atoms with van der Waals surface area (Å²) >= 11 is 0. The molecule has 2 N–H and O–H groups in total. The van der Waals surface area contributed by atoms with E-state index in [-0.39, 0.29) is 11.6 Å². The summed E-state index contributed by atoms with van der Waals surface area (Å²) in [6, 6.07) is 6.96. The lowest BCUT2D eigenvalue weighted by Gasteiger charge is -2.32. The van der Waals surface area contributed by atoms with Gasteiger partial charge < -0.3 is 5.73 Å². The van der Waals surface area contributed by atoms with Crippen LogP contribution in [0.15, 0.2) is 24.3 Å². The molecule has 2 rings (SSSR count). The van der Waals surface area contributed by atoms with Crippen molar-refractivity contribution in [2.24, 2.45) is 11.7 Å². The zero-order valence-electron chi connectivity index (χ0n) is 11.4. The number of hydrogen-bond acceptors (Lipinski definition) is 2. The van der Waals surface area contributed by atoms with Gasteiger partial charge in [-0.15, -0.1) is 0 Å². The highest BCUT2D eigenvalue weighted by Crippen LogP contribution is 2.34. The van der Waals surface area contributed by atoms with Crippen LogP contribution in [0.5, 0.6) is 0 Å². The van der Waals surface area contributed by atoms with Gasteiger partial charge in [-0.3, -0.25) is 4.90 Å². The molecule has 2 unspecified atom stereocenters. The molecule has 0 spiro atoms. The van der Waals surface area contributed by atoms with Crippen LogP contribution in [0.3, 0.4) is 0 Å². The second-order valence-electron chi connectivity index (χ2n) is 5.39. The van der Waals surface area contributed by atoms with Crippen molar-refractivity contribution in [1.29, 1.82) is 0 Å². The molecule has 1 fully saturated rings. The molecular formula is C15H22F2N2. The van der Waals surface area contributed by atoms with E-state index in [4.69, 9.17) is 5.73 Å². The number of nitrogens with two attached hydrogens (primary N) is 1. The molecular weight excluding hydrogens is 246 g/mol.